The van der Waals surface area contributed by atoms with Gasteiger partial charge in [0.25, 0.3) is 0 Å². The van der Waals surface area contributed by atoms with Gasteiger partial charge < -0.3 is 0 Å². The predicted octanol–water partition coefficient (Wildman–Crippen LogP) is 1.48. The zero-order chi connectivity index (χ0) is 10.8. The Morgan fingerprint density at radius 2 is 1.50 bits per heavy atom. The van der Waals surface area contributed by atoms with Gasteiger partial charge in [0, 0.05) is 18.0 Å². The number of aromatic nitrogens is 5. The van der Waals surface area contributed by atoms with Gasteiger partial charge in [0.15, 0.2) is 5.82 Å². The summed E-state index contributed by atoms with van der Waals surface area (Å²) < 4.78 is 0. The third-order valence-corrected chi connectivity index (χ3v) is 2.22. The van der Waals surface area contributed by atoms with Crippen molar-refractivity contribution in [1.82, 2.24) is 24.9 Å². The fourth-order valence-corrected chi connectivity index (χ4v) is 1.49. The van der Waals surface area contributed by atoms with E-state index in [1.165, 1.54) is 12.7 Å². The van der Waals surface area contributed by atoms with Gasteiger partial charge in [-0.2, -0.15) is 0 Å². The maximum Gasteiger partial charge on any atom is 0.162 e. The molecule has 0 amide bonds. The molecule has 3 rings (SSSR count). The number of benzene rings is 1. The van der Waals surface area contributed by atoms with Gasteiger partial charge in [0.05, 0.1) is 11.0 Å². The summed E-state index contributed by atoms with van der Waals surface area (Å²) in [6.45, 7) is 0. The molecule has 0 aliphatic heterocycles. The molecule has 2 heterocycles. The molecule has 0 aliphatic rings. The van der Waals surface area contributed by atoms with Gasteiger partial charge in [-0.1, -0.05) is 0 Å². The molecule has 5 heteroatoms. The third kappa shape index (κ3) is 1.48. The van der Waals surface area contributed by atoms with E-state index in [1.54, 1.807) is 12.4 Å². The van der Waals surface area contributed by atoms with Crippen LogP contribution in [0.4, 0.5) is 0 Å². The van der Waals surface area contributed by atoms with Crippen LogP contribution in [0.15, 0.2) is 43.2 Å². The first-order chi connectivity index (χ1) is 7.93. The topological polar surface area (TPSA) is 64.5 Å². The number of hydrogen-bond donors (Lipinski definition) is 0. The number of rotatable bonds is 1. The molecular weight excluding hydrogens is 202 g/mol. The van der Waals surface area contributed by atoms with Crippen LogP contribution in [0.5, 0.6) is 0 Å². The molecule has 3 aromatic rings. The molecule has 16 heavy (non-hydrogen) atoms. The molecular formula is C11H7N5. The molecule has 2 aromatic heterocycles. The van der Waals surface area contributed by atoms with E-state index in [0.717, 1.165) is 16.6 Å². The lowest BCUT2D eigenvalue weighted by Gasteiger charge is -2.00. The van der Waals surface area contributed by atoms with Crippen LogP contribution in [0.3, 0.4) is 0 Å². The van der Waals surface area contributed by atoms with Crippen molar-refractivity contribution in [3.8, 4) is 11.4 Å². The fraction of sp³-hybridized carbons (Fsp3) is 0. The lowest BCUT2D eigenvalue weighted by atomic mass is 10.2. The van der Waals surface area contributed by atoms with Crippen LogP contribution in [0.2, 0.25) is 0 Å². The average molecular weight is 209 g/mol. The Kier molecular flexibility index (Phi) is 2.00. The Bertz CT molecular complexity index is 623. The highest BCUT2D eigenvalue weighted by Crippen LogP contribution is 2.17. The van der Waals surface area contributed by atoms with Crippen molar-refractivity contribution in [3.63, 3.8) is 0 Å². The molecule has 0 bridgehead atoms. The van der Waals surface area contributed by atoms with E-state index in [9.17, 15) is 0 Å². The molecule has 0 aliphatic carbocycles. The minimum atomic E-state index is 0.641. The first-order valence-electron chi connectivity index (χ1n) is 4.76. The van der Waals surface area contributed by atoms with Crippen LogP contribution in [-0.2, 0) is 0 Å². The SMILES string of the molecule is c1ncnc(-c2ccc3nccnc3c2)n1. The summed E-state index contributed by atoms with van der Waals surface area (Å²) in [5.74, 6) is 0.641. The van der Waals surface area contributed by atoms with Gasteiger partial charge in [0.1, 0.15) is 12.7 Å². The fourth-order valence-electron chi connectivity index (χ4n) is 1.49. The maximum absolute atomic E-state index is 4.23. The number of fused-ring (bicyclic) bond motifs is 1. The molecule has 0 radical (unpaired) electrons. The van der Waals surface area contributed by atoms with E-state index in [-0.39, 0.29) is 0 Å². The molecule has 0 spiro atoms. The average Bonchev–Trinajstić information content (AvgIpc) is 2.39. The molecule has 0 unspecified atom stereocenters. The summed E-state index contributed by atoms with van der Waals surface area (Å²) in [4.78, 5) is 20.4. The Balaban J connectivity index is 2.19. The van der Waals surface area contributed by atoms with Crippen molar-refractivity contribution >= 4 is 11.0 Å². The number of hydrogen-bond acceptors (Lipinski definition) is 5. The maximum atomic E-state index is 4.23. The molecule has 0 atom stereocenters. The number of nitrogens with zero attached hydrogens (tertiary/aromatic N) is 5. The summed E-state index contributed by atoms with van der Waals surface area (Å²) in [6, 6.07) is 5.74. The first-order valence-corrected chi connectivity index (χ1v) is 4.76. The minimum Gasteiger partial charge on any atom is -0.253 e. The van der Waals surface area contributed by atoms with Crippen molar-refractivity contribution in [1.29, 1.82) is 0 Å². The van der Waals surface area contributed by atoms with Crippen molar-refractivity contribution in [2.75, 3.05) is 0 Å². The normalized spacial score (nSPS) is 10.5. The van der Waals surface area contributed by atoms with E-state index in [1.807, 2.05) is 18.2 Å². The zero-order valence-corrected chi connectivity index (χ0v) is 8.28. The second kappa shape index (κ2) is 3.62. The third-order valence-electron chi connectivity index (χ3n) is 2.22. The summed E-state index contributed by atoms with van der Waals surface area (Å²) >= 11 is 0. The van der Waals surface area contributed by atoms with E-state index < -0.39 is 0 Å². The van der Waals surface area contributed by atoms with E-state index in [0.29, 0.717) is 5.82 Å². The predicted molar refractivity (Wildman–Crippen MR) is 58.4 cm³/mol. The van der Waals surface area contributed by atoms with Gasteiger partial charge in [-0.3, -0.25) is 9.97 Å². The Morgan fingerprint density at radius 3 is 2.31 bits per heavy atom. The second-order valence-corrected chi connectivity index (χ2v) is 3.22. The van der Waals surface area contributed by atoms with Gasteiger partial charge in [0.2, 0.25) is 0 Å². The highest BCUT2D eigenvalue weighted by molar-refractivity contribution is 5.79. The molecule has 0 N–H and O–H groups in total. The highest BCUT2D eigenvalue weighted by atomic mass is 15.0. The monoisotopic (exact) mass is 209 g/mol. The Hall–Kier alpha value is -2.43. The first kappa shape index (κ1) is 8.84. The molecule has 1 aromatic carbocycles. The van der Waals surface area contributed by atoms with Crippen LogP contribution in [0, 0.1) is 0 Å². The Morgan fingerprint density at radius 1 is 0.750 bits per heavy atom. The van der Waals surface area contributed by atoms with Crippen LogP contribution in [-0.4, -0.2) is 24.9 Å². The lowest BCUT2D eigenvalue weighted by molar-refractivity contribution is 1.06. The standard InChI is InChI=1S/C11H7N5/c1-2-9-10(14-4-3-13-9)5-8(1)11-15-6-12-7-16-11/h1-7H. The Labute approximate surface area is 91.3 Å². The molecule has 5 nitrogen and oxygen atoms in total. The van der Waals surface area contributed by atoms with Crippen LogP contribution >= 0.6 is 0 Å². The molecule has 0 saturated carbocycles. The summed E-state index contributed by atoms with van der Waals surface area (Å²) in [5, 5.41) is 0. The van der Waals surface area contributed by atoms with Gasteiger partial charge in [-0.25, -0.2) is 15.0 Å². The quantitative estimate of drug-likeness (QED) is 0.607. The van der Waals surface area contributed by atoms with E-state index >= 15 is 0 Å². The van der Waals surface area contributed by atoms with Crippen molar-refractivity contribution in [2.24, 2.45) is 0 Å². The summed E-state index contributed by atoms with van der Waals surface area (Å²) in [5.41, 5.74) is 2.61. The minimum absolute atomic E-state index is 0.641. The molecule has 76 valence electrons. The van der Waals surface area contributed by atoms with Crippen LogP contribution in [0.1, 0.15) is 0 Å². The largest absolute Gasteiger partial charge is 0.253 e. The van der Waals surface area contributed by atoms with E-state index in [2.05, 4.69) is 24.9 Å². The second-order valence-electron chi connectivity index (χ2n) is 3.22. The van der Waals surface area contributed by atoms with Crippen LogP contribution in [0.25, 0.3) is 22.4 Å². The lowest BCUT2D eigenvalue weighted by Crippen LogP contribution is -1.90. The van der Waals surface area contributed by atoms with Crippen LogP contribution < -0.4 is 0 Å². The summed E-state index contributed by atoms with van der Waals surface area (Å²) in [7, 11) is 0. The van der Waals surface area contributed by atoms with Crippen molar-refractivity contribution in [3.05, 3.63) is 43.2 Å². The highest BCUT2D eigenvalue weighted by Gasteiger charge is 2.02. The van der Waals surface area contributed by atoms with Crippen molar-refractivity contribution < 1.29 is 0 Å². The molecule has 0 fully saturated rings. The summed E-state index contributed by atoms with van der Waals surface area (Å²) in [6.07, 6.45) is 6.29. The van der Waals surface area contributed by atoms with Gasteiger partial charge >= 0.3 is 0 Å². The van der Waals surface area contributed by atoms with Gasteiger partial charge in [-0.15, -0.1) is 0 Å². The van der Waals surface area contributed by atoms with Crippen molar-refractivity contribution in [2.45, 2.75) is 0 Å². The van der Waals surface area contributed by atoms with Gasteiger partial charge in [-0.05, 0) is 18.2 Å². The smallest absolute Gasteiger partial charge is 0.162 e. The zero-order valence-electron chi connectivity index (χ0n) is 8.28. The van der Waals surface area contributed by atoms with E-state index in [4.69, 9.17) is 0 Å². The molecule has 0 saturated heterocycles.